The van der Waals surface area contributed by atoms with E-state index in [0.717, 1.165) is 12.8 Å². The lowest BCUT2D eigenvalue weighted by Crippen LogP contribution is -2.48. The third kappa shape index (κ3) is 5.30. The van der Waals surface area contributed by atoms with Gasteiger partial charge in [0.25, 0.3) is 5.91 Å². The average molecular weight is 622 g/mol. The number of aliphatic hydroxyl groups excluding tert-OH is 1. The van der Waals surface area contributed by atoms with Crippen LogP contribution >= 0.6 is 11.6 Å². The molecule has 3 aromatic rings. The highest BCUT2D eigenvalue weighted by molar-refractivity contribution is 6.30. The average Bonchev–Trinajstić information content (AvgIpc) is 3.77. The first kappa shape index (κ1) is 30.6. The Morgan fingerprint density at radius 1 is 1.16 bits per heavy atom. The van der Waals surface area contributed by atoms with Crippen LogP contribution in [0, 0.1) is 17.2 Å². The highest BCUT2D eigenvalue weighted by Crippen LogP contribution is 2.52. The van der Waals surface area contributed by atoms with Crippen molar-refractivity contribution in [3.05, 3.63) is 99.6 Å². The predicted octanol–water partition coefficient (Wildman–Crippen LogP) is 4.99. The summed E-state index contributed by atoms with van der Waals surface area (Å²) in [6.07, 6.45) is 4.24. The maximum Gasteiger partial charge on any atom is 0.257 e. The van der Waals surface area contributed by atoms with Gasteiger partial charge in [-0.1, -0.05) is 29.8 Å². The van der Waals surface area contributed by atoms with Crippen LogP contribution in [0.5, 0.6) is 0 Å². The number of halogens is 2. The molecule has 2 fully saturated rings. The number of amides is 2. The van der Waals surface area contributed by atoms with E-state index < -0.39 is 28.5 Å². The van der Waals surface area contributed by atoms with Crippen LogP contribution in [0.4, 0.5) is 4.39 Å². The molecule has 2 atom stereocenters. The summed E-state index contributed by atoms with van der Waals surface area (Å²) in [5.74, 6) is -1.40. The van der Waals surface area contributed by atoms with Gasteiger partial charge in [0, 0.05) is 42.2 Å². The number of ether oxygens (including phenoxy) is 1. The number of piperidine rings is 1. The Morgan fingerprint density at radius 3 is 2.45 bits per heavy atom. The van der Waals surface area contributed by atoms with Gasteiger partial charge in [-0.15, -0.1) is 0 Å². The number of aliphatic hydroxyl groups is 2. The van der Waals surface area contributed by atoms with Crippen molar-refractivity contribution < 1.29 is 28.9 Å². The summed E-state index contributed by atoms with van der Waals surface area (Å²) in [6, 6.07) is 15.1. The van der Waals surface area contributed by atoms with Gasteiger partial charge in [0.1, 0.15) is 5.82 Å². The molecule has 0 radical (unpaired) electrons. The minimum Gasteiger partial charge on any atom is -0.396 e. The fraction of sp³-hybridized carbons (Fsp3) is 0.441. The van der Waals surface area contributed by atoms with E-state index in [4.69, 9.17) is 16.3 Å². The summed E-state index contributed by atoms with van der Waals surface area (Å²) >= 11 is 6.26. The van der Waals surface area contributed by atoms with Gasteiger partial charge in [0.2, 0.25) is 5.91 Å². The molecule has 1 saturated carbocycles. The number of aromatic nitrogens is 1. The van der Waals surface area contributed by atoms with Gasteiger partial charge in [-0.3, -0.25) is 19.5 Å². The summed E-state index contributed by atoms with van der Waals surface area (Å²) < 4.78 is 23.5. The molecular weight excluding hydrogens is 585 g/mol. The topological polar surface area (TPSA) is 103 Å². The Hall–Kier alpha value is -3.37. The molecule has 2 amide bonds. The monoisotopic (exact) mass is 621 g/mol. The lowest BCUT2D eigenvalue weighted by Gasteiger charge is -2.41. The summed E-state index contributed by atoms with van der Waals surface area (Å²) in [5.41, 5.74) is -2.05. The maximum atomic E-state index is 16.8. The first-order valence-corrected chi connectivity index (χ1v) is 15.4. The van der Waals surface area contributed by atoms with Gasteiger partial charge in [0.05, 0.1) is 42.2 Å². The fourth-order valence-electron chi connectivity index (χ4n) is 6.66. The quantitative estimate of drug-likeness (QED) is 0.349. The van der Waals surface area contributed by atoms with Crippen molar-refractivity contribution in [3.8, 4) is 0 Å². The van der Waals surface area contributed by atoms with E-state index in [0.29, 0.717) is 47.8 Å². The molecule has 0 spiro atoms. The van der Waals surface area contributed by atoms with Gasteiger partial charge < -0.3 is 19.8 Å². The SMILES string of the molecule is CC(=O)N1CCC(C(C)(O)c2cc(F)c3c(c2)C(=O)N(Cc2ccccn2)[C@@]3(OCC2(CO)CC2)c2ccc(Cl)cc2)CC1. The van der Waals surface area contributed by atoms with Crippen molar-refractivity contribution in [2.24, 2.45) is 11.3 Å². The van der Waals surface area contributed by atoms with Crippen molar-refractivity contribution in [1.29, 1.82) is 0 Å². The largest absolute Gasteiger partial charge is 0.396 e. The van der Waals surface area contributed by atoms with E-state index in [2.05, 4.69) is 4.98 Å². The smallest absolute Gasteiger partial charge is 0.257 e. The second kappa shape index (κ2) is 11.5. The summed E-state index contributed by atoms with van der Waals surface area (Å²) in [6.45, 7) is 4.22. The fourth-order valence-corrected chi connectivity index (χ4v) is 6.78. The maximum absolute atomic E-state index is 16.8. The minimum atomic E-state index is -1.68. The molecule has 10 heteroatoms. The Kier molecular flexibility index (Phi) is 8.03. The molecule has 2 N–H and O–H groups in total. The Morgan fingerprint density at radius 2 is 1.86 bits per heavy atom. The van der Waals surface area contributed by atoms with Gasteiger partial charge in [-0.05, 0) is 80.5 Å². The molecule has 8 nitrogen and oxygen atoms in total. The molecule has 6 rings (SSSR count). The lowest BCUT2D eigenvalue weighted by molar-refractivity contribution is -0.132. The number of carbonyl (C=O) groups excluding carboxylic acids is 2. The zero-order valence-corrected chi connectivity index (χ0v) is 25.7. The molecular formula is C34H37ClFN3O5. The van der Waals surface area contributed by atoms with Crippen molar-refractivity contribution in [3.63, 3.8) is 0 Å². The second-order valence-electron chi connectivity index (χ2n) is 12.6. The zero-order chi connectivity index (χ0) is 31.3. The molecule has 232 valence electrons. The summed E-state index contributed by atoms with van der Waals surface area (Å²) in [5, 5.41) is 22.4. The first-order chi connectivity index (χ1) is 21.0. The third-order valence-corrected chi connectivity index (χ3v) is 10.0. The van der Waals surface area contributed by atoms with Crippen LogP contribution in [-0.2, 0) is 27.4 Å². The highest BCUT2D eigenvalue weighted by atomic mass is 35.5. The van der Waals surface area contributed by atoms with Crippen molar-refractivity contribution in [2.75, 3.05) is 26.3 Å². The van der Waals surface area contributed by atoms with Crippen LogP contribution in [-0.4, -0.2) is 63.1 Å². The Bertz CT molecular complexity index is 1560. The number of hydrogen-bond donors (Lipinski definition) is 2. The van der Waals surface area contributed by atoms with Gasteiger partial charge in [0.15, 0.2) is 5.72 Å². The van der Waals surface area contributed by atoms with Gasteiger partial charge >= 0.3 is 0 Å². The molecule has 2 aliphatic heterocycles. The van der Waals surface area contributed by atoms with Crippen molar-refractivity contribution in [1.82, 2.24) is 14.8 Å². The van der Waals surface area contributed by atoms with E-state index in [-0.39, 0.29) is 42.7 Å². The van der Waals surface area contributed by atoms with Crippen LogP contribution < -0.4 is 0 Å². The molecule has 1 unspecified atom stereocenters. The minimum absolute atomic E-state index is 0.0158. The number of hydrogen-bond acceptors (Lipinski definition) is 6. The van der Waals surface area contributed by atoms with E-state index in [1.807, 2.05) is 6.07 Å². The molecule has 1 saturated heterocycles. The van der Waals surface area contributed by atoms with Gasteiger partial charge in [-0.25, -0.2) is 4.39 Å². The van der Waals surface area contributed by atoms with E-state index >= 15 is 4.39 Å². The molecule has 3 aliphatic rings. The standard InChI is InChI=1S/C34H37ClFN3O5/c1-22(41)38-15-10-23(11-16-38)32(2,43)25-17-28-30(29(36)18-25)34(24-6-8-26(35)9-7-24,44-21-33(20-40)12-13-33)39(31(28)42)19-27-5-3-4-14-37-27/h3-9,14,17-18,23,40,43H,10-13,15-16,19-21H2,1-2H3/t32?,34-/m1/s1. The number of fused-ring (bicyclic) bond motifs is 1. The van der Waals surface area contributed by atoms with Crippen LogP contribution in [0.15, 0.2) is 60.8 Å². The summed E-state index contributed by atoms with van der Waals surface area (Å²) in [4.78, 5) is 34.0. The molecule has 3 heterocycles. The van der Waals surface area contributed by atoms with Crippen molar-refractivity contribution >= 4 is 23.4 Å². The van der Waals surface area contributed by atoms with Gasteiger partial charge in [-0.2, -0.15) is 0 Å². The first-order valence-electron chi connectivity index (χ1n) is 15.1. The van der Waals surface area contributed by atoms with Crippen molar-refractivity contribution in [2.45, 2.75) is 57.4 Å². The highest BCUT2D eigenvalue weighted by Gasteiger charge is 2.57. The molecule has 44 heavy (non-hydrogen) atoms. The van der Waals surface area contributed by atoms with Crippen LogP contribution in [0.25, 0.3) is 0 Å². The Labute approximate surface area is 261 Å². The van der Waals surface area contributed by atoms with E-state index in [1.54, 1.807) is 60.5 Å². The number of rotatable bonds is 9. The summed E-state index contributed by atoms with van der Waals surface area (Å²) in [7, 11) is 0. The van der Waals surface area contributed by atoms with Crippen LogP contribution in [0.1, 0.15) is 72.3 Å². The normalized spacial score (nSPS) is 22.5. The molecule has 0 bridgehead atoms. The molecule has 1 aromatic heterocycles. The Balaban J connectivity index is 1.48. The third-order valence-electron chi connectivity index (χ3n) is 9.77. The predicted molar refractivity (Wildman–Crippen MR) is 162 cm³/mol. The van der Waals surface area contributed by atoms with E-state index in [9.17, 15) is 19.8 Å². The number of nitrogens with zero attached hydrogens (tertiary/aromatic N) is 3. The number of likely N-dealkylation sites (tertiary alicyclic amines) is 1. The second-order valence-corrected chi connectivity index (χ2v) is 13.1. The van der Waals surface area contributed by atoms with E-state index in [1.165, 1.54) is 17.9 Å². The molecule has 2 aromatic carbocycles. The number of carbonyl (C=O) groups is 2. The zero-order valence-electron chi connectivity index (χ0n) is 24.9. The number of benzene rings is 2. The number of pyridine rings is 1. The van der Waals surface area contributed by atoms with Crippen LogP contribution in [0.2, 0.25) is 5.02 Å². The lowest BCUT2D eigenvalue weighted by atomic mass is 9.76. The van der Waals surface area contributed by atoms with Crippen LogP contribution in [0.3, 0.4) is 0 Å². The molecule has 1 aliphatic carbocycles.